The highest BCUT2D eigenvalue weighted by Crippen LogP contribution is 2.25. The molecule has 1 aromatic carbocycles. The van der Waals surface area contributed by atoms with Crippen LogP contribution in [0.2, 0.25) is 0 Å². The molecule has 0 aliphatic rings. The molecule has 0 spiro atoms. The lowest BCUT2D eigenvalue weighted by atomic mass is 9.99. The molecule has 2 rings (SSSR count). The molecule has 0 radical (unpaired) electrons. The quantitative estimate of drug-likeness (QED) is 0.859. The van der Waals surface area contributed by atoms with Gasteiger partial charge in [0.05, 0.1) is 5.69 Å². The smallest absolute Gasteiger partial charge is 0.0840 e. The number of nitrogens with zero attached hydrogens (tertiary/aromatic N) is 2. The van der Waals surface area contributed by atoms with E-state index >= 15 is 0 Å². The number of benzene rings is 1. The first-order valence-corrected chi connectivity index (χ1v) is 7.43. The summed E-state index contributed by atoms with van der Waals surface area (Å²) in [6, 6.07) is 8.83. The Bertz CT molecular complexity index is 525. The molecule has 0 atom stereocenters. The van der Waals surface area contributed by atoms with E-state index in [2.05, 4.69) is 67.2 Å². The number of hydrogen-bond acceptors (Lipinski definition) is 2. The Labute approximate surface area is 122 Å². The molecule has 0 bridgehead atoms. The Balaban J connectivity index is 2.18. The van der Waals surface area contributed by atoms with Gasteiger partial charge in [-0.2, -0.15) is 5.10 Å². The number of H-pyrrole nitrogens is 1. The average Bonchev–Trinajstić information content (AvgIpc) is 2.87. The molecular weight excluding hydrogens is 246 g/mol. The highest BCUT2D eigenvalue weighted by Gasteiger charge is 2.10. The van der Waals surface area contributed by atoms with Crippen molar-refractivity contribution in [1.82, 2.24) is 15.1 Å². The summed E-state index contributed by atoms with van der Waals surface area (Å²) in [6.45, 7) is 8.62. The average molecular weight is 271 g/mol. The van der Waals surface area contributed by atoms with Crippen LogP contribution < -0.4 is 0 Å². The lowest BCUT2D eigenvalue weighted by Gasteiger charge is -2.15. The fraction of sp³-hybridized carbons (Fsp3) is 0.471. The maximum absolute atomic E-state index is 4.41. The van der Waals surface area contributed by atoms with Crippen molar-refractivity contribution >= 4 is 0 Å². The summed E-state index contributed by atoms with van der Waals surface area (Å²) in [7, 11) is 2.14. The summed E-state index contributed by atoms with van der Waals surface area (Å²) in [5.41, 5.74) is 4.95. The fourth-order valence-electron chi connectivity index (χ4n) is 2.45. The third-order valence-corrected chi connectivity index (χ3v) is 3.63. The zero-order valence-corrected chi connectivity index (χ0v) is 13.0. The van der Waals surface area contributed by atoms with Crippen molar-refractivity contribution < 1.29 is 0 Å². The van der Waals surface area contributed by atoms with Crippen LogP contribution in [0.25, 0.3) is 11.1 Å². The van der Waals surface area contributed by atoms with Crippen LogP contribution in [0.1, 0.15) is 44.4 Å². The van der Waals surface area contributed by atoms with Crippen LogP contribution >= 0.6 is 0 Å². The Morgan fingerprint density at radius 1 is 1.20 bits per heavy atom. The minimum absolute atomic E-state index is 0.573. The molecule has 1 aromatic heterocycles. The van der Waals surface area contributed by atoms with Gasteiger partial charge in [-0.3, -0.25) is 5.10 Å². The van der Waals surface area contributed by atoms with Crippen molar-refractivity contribution in [2.75, 3.05) is 13.6 Å². The van der Waals surface area contributed by atoms with Crippen LogP contribution in [-0.4, -0.2) is 28.7 Å². The Kier molecular flexibility index (Phi) is 4.96. The SMILES string of the molecule is CCCN(C)Cc1n[nH]cc1-c1ccc(C(C)C)cc1. The number of rotatable bonds is 6. The highest BCUT2D eigenvalue weighted by molar-refractivity contribution is 5.65. The number of hydrogen-bond donors (Lipinski definition) is 1. The number of aromatic amines is 1. The molecule has 2 aromatic rings. The third-order valence-electron chi connectivity index (χ3n) is 3.63. The fourth-order valence-corrected chi connectivity index (χ4v) is 2.45. The molecule has 0 amide bonds. The maximum Gasteiger partial charge on any atom is 0.0840 e. The molecule has 1 heterocycles. The van der Waals surface area contributed by atoms with Gasteiger partial charge in [0, 0.05) is 18.3 Å². The van der Waals surface area contributed by atoms with Crippen LogP contribution in [0, 0.1) is 0 Å². The molecular formula is C17H25N3. The van der Waals surface area contributed by atoms with Gasteiger partial charge in [-0.1, -0.05) is 45.0 Å². The summed E-state index contributed by atoms with van der Waals surface area (Å²) in [6.07, 6.45) is 3.17. The first-order valence-electron chi connectivity index (χ1n) is 7.43. The summed E-state index contributed by atoms with van der Waals surface area (Å²) < 4.78 is 0. The molecule has 108 valence electrons. The molecule has 0 saturated heterocycles. The monoisotopic (exact) mass is 271 g/mol. The van der Waals surface area contributed by atoms with Gasteiger partial charge < -0.3 is 4.90 Å². The molecule has 3 heteroatoms. The Morgan fingerprint density at radius 2 is 1.90 bits per heavy atom. The zero-order chi connectivity index (χ0) is 14.5. The van der Waals surface area contributed by atoms with E-state index in [9.17, 15) is 0 Å². The highest BCUT2D eigenvalue weighted by atomic mass is 15.2. The zero-order valence-electron chi connectivity index (χ0n) is 13.0. The van der Waals surface area contributed by atoms with E-state index in [4.69, 9.17) is 0 Å². The van der Waals surface area contributed by atoms with Crippen molar-refractivity contribution in [2.24, 2.45) is 0 Å². The Morgan fingerprint density at radius 3 is 2.50 bits per heavy atom. The van der Waals surface area contributed by atoms with E-state index in [-0.39, 0.29) is 0 Å². The molecule has 20 heavy (non-hydrogen) atoms. The van der Waals surface area contributed by atoms with Crippen LogP contribution in [0.5, 0.6) is 0 Å². The topological polar surface area (TPSA) is 31.9 Å². The first-order chi connectivity index (χ1) is 9.61. The van der Waals surface area contributed by atoms with E-state index in [0.717, 1.165) is 18.8 Å². The van der Waals surface area contributed by atoms with Crippen molar-refractivity contribution in [1.29, 1.82) is 0 Å². The van der Waals surface area contributed by atoms with Crippen molar-refractivity contribution in [3.05, 3.63) is 41.7 Å². The van der Waals surface area contributed by atoms with Crippen molar-refractivity contribution in [3.8, 4) is 11.1 Å². The molecule has 0 fully saturated rings. The van der Waals surface area contributed by atoms with E-state index < -0.39 is 0 Å². The van der Waals surface area contributed by atoms with E-state index in [0.29, 0.717) is 5.92 Å². The largest absolute Gasteiger partial charge is 0.300 e. The molecule has 0 aliphatic heterocycles. The molecule has 1 N–H and O–H groups in total. The van der Waals surface area contributed by atoms with Gasteiger partial charge >= 0.3 is 0 Å². The lowest BCUT2D eigenvalue weighted by Crippen LogP contribution is -2.19. The van der Waals surface area contributed by atoms with Gasteiger partial charge in [0.1, 0.15) is 0 Å². The van der Waals surface area contributed by atoms with E-state index in [1.165, 1.54) is 23.1 Å². The third kappa shape index (κ3) is 3.48. The summed E-state index contributed by atoms with van der Waals surface area (Å²) in [4.78, 5) is 2.31. The van der Waals surface area contributed by atoms with Gasteiger partial charge in [-0.25, -0.2) is 0 Å². The van der Waals surface area contributed by atoms with Crippen LogP contribution in [0.3, 0.4) is 0 Å². The predicted octanol–water partition coefficient (Wildman–Crippen LogP) is 4.04. The first kappa shape index (κ1) is 14.8. The second-order valence-corrected chi connectivity index (χ2v) is 5.76. The van der Waals surface area contributed by atoms with Gasteiger partial charge in [0.15, 0.2) is 0 Å². The minimum Gasteiger partial charge on any atom is -0.300 e. The predicted molar refractivity (Wildman–Crippen MR) is 84.7 cm³/mol. The summed E-state index contributed by atoms with van der Waals surface area (Å²) in [5.74, 6) is 0.573. The van der Waals surface area contributed by atoms with Crippen LogP contribution in [0.15, 0.2) is 30.5 Å². The molecule has 3 nitrogen and oxygen atoms in total. The second kappa shape index (κ2) is 6.71. The Hall–Kier alpha value is -1.61. The lowest BCUT2D eigenvalue weighted by molar-refractivity contribution is 0.324. The van der Waals surface area contributed by atoms with Gasteiger partial charge in [-0.15, -0.1) is 0 Å². The number of nitrogens with one attached hydrogen (secondary N) is 1. The van der Waals surface area contributed by atoms with E-state index in [1.54, 1.807) is 0 Å². The number of aromatic nitrogens is 2. The second-order valence-electron chi connectivity index (χ2n) is 5.76. The van der Waals surface area contributed by atoms with Crippen molar-refractivity contribution in [2.45, 2.75) is 39.7 Å². The van der Waals surface area contributed by atoms with Gasteiger partial charge in [0.2, 0.25) is 0 Å². The van der Waals surface area contributed by atoms with Gasteiger partial charge in [-0.05, 0) is 37.1 Å². The standard InChI is InChI=1S/C17H25N3/c1-5-10-20(4)12-17-16(11-18-19-17)15-8-6-14(7-9-15)13(2)3/h6-9,11,13H,5,10,12H2,1-4H3,(H,18,19). The molecule has 0 aliphatic carbocycles. The van der Waals surface area contributed by atoms with E-state index in [1.807, 2.05) is 6.20 Å². The summed E-state index contributed by atoms with van der Waals surface area (Å²) >= 11 is 0. The normalized spacial score (nSPS) is 11.5. The maximum atomic E-state index is 4.41. The minimum atomic E-state index is 0.573. The van der Waals surface area contributed by atoms with Crippen LogP contribution in [-0.2, 0) is 6.54 Å². The van der Waals surface area contributed by atoms with Gasteiger partial charge in [0.25, 0.3) is 0 Å². The summed E-state index contributed by atoms with van der Waals surface area (Å²) in [5, 5.41) is 7.41. The van der Waals surface area contributed by atoms with Crippen LogP contribution in [0.4, 0.5) is 0 Å². The van der Waals surface area contributed by atoms with Crippen molar-refractivity contribution in [3.63, 3.8) is 0 Å². The molecule has 0 saturated carbocycles. The molecule has 0 unspecified atom stereocenters.